The van der Waals surface area contributed by atoms with Crippen LogP contribution in [-0.2, 0) is 21.2 Å². The van der Waals surface area contributed by atoms with E-state index in [1.807, 2.05) is 13.8 Å². The van der Waals surface area contributed by atoms with E-state index in [0.717, 1.165) is 5.56 Å². The Hall–Kier alpha value is -2.09. The number of carbonyl (C=O) groups excluding carboxylic acids is 1. The van der Waals surface area contributed by atoms with E-state index in [9.17, 15) is 18.0 Å². The standard InChI is InChI=1S/C18H26N2O5S/c1-13(2)12-19(10-8-17(21)22)18(23)15-6-7-16-14(11-15)5-4-9-20(16)26(3,24)25/h6-7,11,13H,4-5,8-10,12H2,1-3H3,(H,21,22). The average Bonchev–Trinajstić information content (AvgIpc) is 2.55. The maximum atomic E-state index is 12.9. The summed E-state index contributed by atoms with van der Waals surface area (Å²) in [6.45, 7) is 5.00. The third-order valence-electron chi connectivity index (χ3n) is 4.27. The van der Waals surface area contributed by atoms with Crippen molar-refractivity contribution in [2.75, 3.05) is 30.2 Å². The van der Waals surface area contributed by atoms with Gasteiger partial charge in [-0.2, -0.15) is 0 Å². The third-order valence-corrected chi connectivity index (χ3v) is 5.45. The van der Waals surface area contributed by atoms with Gasteiger partial charge in [-0.25, -0.2) is 8.42 Å². The molecule has 1 aliphatic rings. The molecule has 0 aromatic heterocycles. The van der Waals surface area contributed by atoms with Gasteiger partial charge in [-0.3, -0.25) is 13.9 Å². The molecule has 2 rings (SSSR count). The van der Waals surface area contributed by atoms with Crippen LogP contribution >= 0.6 is 0 Å². The number of carboxylic acid groups (broad SMARTS) is 1. The number of anilines is 1. The van der Waals surface area contributed by atoms with Crippen LogP contribution in [0.2, 0.25) is 0 Å². The fourth-order valence-electron chi connectivity index (χ4n) is 3.17. The first kappa shape index (κ1) is 20.2. The fraction of sp³-hybridized carbons (Fsp3) is 0.556. The lowest BCUT2D eigenvalue weighted by atomic mass is 10.00. The normalized spacial score (nSPS) is 14.2. The van der Waals surface area contributed by atoms with Gasteiger partial charge in [0.15, 0.2) is 0 Å². The summed E-state index contributed by atoms with van der Waals surface area (Å²) in [5.41, 5.74) is 1.91. The van der Waals surface area contributed by atoms with Gasteiger partial charge in [-0.05, 0) is 42.5 Å². The quantitative estimate of drug-likeness (QED) is 0.778. The van der Waals surface area contributed by atoms with Crippen molar-refractivity contribution >= 4 is 27.6 Å². The molecule has 0 radical (unpaired) electrons. The number of rotatable bonds is 7. The molecule has 1 amide bonds. The van der Waals surface area contributed by atoms with Gasteiger partial charge in [0.1, 0.15) is 0 Å². The van der Waals surface area contributed by atoms with E-state index in [2.05, 4.69) is 0 Å². The molecule has 1 heterocycles. The monoisotopic (exact) mass is 382 g/mol. The zero-order chi connectivity index (χ0) is 19.5. The topological polar surface area (TPSA) is 95.0 Å². The number of benzene rings is 1. The van der Waals surface area contributed by atoms with Crippen molar-refractivity contribution in [1.29, 1.82) is 0 Å². The van der Waals surface area contributed by atoms with Crippen molar-refractivity contribution < 1.29 is 23.1 Å². The molecular weight excluding hydrogens is 356 g/mol. The molecule has 0 bridgehead atoms. The first-order chi connectivity index (χ1) is 12.1. The second-order valence-electron chi connectivity index (χ2n) is 7.07. The number of fused-ring (bicyclic) bond motifs is 1. The summed E-state index contributed by atoms with van der Waals surface area (Å²) in [5, 5.41) is 8.91. The Morgan fingerprint density at radius 2 is 2.00 bits per heavy atom. The highest BCUT2D eigenvalue weighted by Crippen LogP contribution is 2.30. The zero-order valence-electron chi connectivity index (χ0n) is 15.4. The predicted octanol–water partition coefficient (Wildman–Crippen LogP) is 1.97. The summed E-state index contributed by atoms with van der Waals surface area (Å²) in [5.74, 6) is -0.953. The van der Waals surface area contributed by atoms with Crippen LogP contribution in [0.15, 0.2) is 18.2 Å². The van der Waals surface area contributed by atoms with Crippen molar-refractivity contribution in [2.45, 2.75) is 33.1 Å². The average molecular weight is 382 g/mol. The van der Waals surface area contributed by atoms with Crippen LogP contribution < -0.4 is 4.31 Å². The van der Waals surface area contributed by atoms with Crippen molar-refractivity contribution in [3.63, 3.8) is 0 Å². The second-order valence-corrected chi connectivity index (χ2v) is 8.98. The molecule has 0 saturated heterocycles. The number of aryl methyl sites for hydroxylation is 1. The van der Waals surface area contributed by atoms with Crippen molar-refractivity contribution in [3.05, 3.63) is 29.3 Å². The molecule has 1 aromatic carbocycles. The van der Waals surface area contributed by atoms with Gasteiger partial charge < -0.3 is 10.0 Å². The number of hydrogen-bond donors (Lipinski definition) is 1. The summed E-state index contributed by atoms with van der Waals surface area (Å²) >= 11 is 0. The molecule has 1 aliphatic heterocycles. The number of aliphatic carboxylic acids is 1. The summed E-state index contributed by atoms with van der Waals surface area (Å²) in [7, 11) is -3.35. The Bertz CT molecular complexity index is 789. The van der Waals surface area contributed by atoms with E-state index < -0.39 is 16.0 Å². The van der Waals surface area contributed by atoms with Crippen LogP contribution in [0.5, 0.6) is 0 Å². The Morgan fingerprint density at radius 3 is 2.58 bits per heavy atom. The molecule has 0 saturated carbocycles. The number of sulfonamides is 1. The van der Waals surface area contributed by atoms with E-state index in [-0.39, 0.29) is 24.8 Å². The number of carboxylic acids is 1. The van der Waals surface area contributed by atoms with Crippen LogP contribution in [0.3, 0.4) is 0 Å². The Labute approximate surface area is 154 Å². The van der Waals surface area contributed by atoms with Gasteiger partial charge in [0.25, 0.3) is 5.91 Å². The van der Waals surface area contributed by atoms with Crippen LogP contribution in [0.4, 0.5) is 5.69 Å². The second kappa shape index (κ2) is 8.07. The number of amides is 1. The Morgan fingerprint density at radius 1 is 1.31 bits per heavy atom. The minimum atomic E-state index is -3.35. The Balaban J connectivity index is 2.29. The van der Waals surface area contributed by atoms with E-state index in [4.69, 9.17) is 5.11 Å². The molecular formula is C18H26N2O5S. The van der Waals surface area contributed by atoms with Gasteiger partial charge in [0.05, 0.1) is 18.4 Å². The summed E-state index contributed by atoms with van der Waals surface area (Å²) in [6, 6.07) is 5.04. The molecule has 7 nitrogen and oxygen atoms in total. The molecule has 8 heteroatoms. The Kier molecular flexibility index (Phi) is 6.28. The molecule has 0 atom stereocenters. The van der Waals surface area contributed by atoms with Crippen LogP contribution in [0, 0.1) is 5.92 Å². The summed E-state index contributed by atoms with van der Waals surface area (Å²) < 4.78 is 25.3. The van der Waals surface area contributed by atoms with E-state index >= 15 is 0 Å². The lowest BCUT2D eigenvalue weighted by molar-refractivity contribution is -0.137. The van der Waals surface area contributed by atoms with Gasteiger partial charge in [0, 0.05) is 25.2 Å². The maximum Gasteiger partial charge on any atom is 0.305 e. The predicted molar refractivity (Wildman–Crippen MR) is 99.9 cm³/mol. The highest BCUT2D eigenvalue weighted by atomic mass is 32.2. The molecule has 144 valence electrons. The van der Waals surface area contributed by atoms with Crippen LogP contribution in [-0.4, -0.2) is 56.2 Å². The zero-order valence-corrected chi connectivity index (χ0v) is 16.3. The smallest absolute Gasteiger partial charge is 0.305 e. The van der Waals surface area contributed by atoms with E-state index in [1.54, 1.807) is 23.1 Å². The van der Waals surface area contributed by atoms with Gasteiger partial charge >= 0.3 is 5.97 Å². The third kappa shape index (κ3) is 4.97. The highest BCUT2D eigenvalue weighted by molar-refractivity contribution is 7.92. The van der Waals surface area contributed by atoms with Gasteiger partial charge in [0.2, 0.25) is 10.0 Å². The molecule has 0 aliphatic carbocycles. The maximum absolute atomic E-state index is 12.9. The van der Waals surface area contributed by atoms with E-state index in [0.29, 0.717) is 37.2 Å². The van der Waals surface area contributed by atoms with Crippen molar-refractivity contribution in [2.24, 2.45) is 5.92 Å². The van der Waals surface area contributed by atoms with Crippen molar-refractivity contribution in [1.82, 2.24) is 4.90 Å². The minimum absolute atomic E-state index is 0.106. The van der Waals surface area contributed by atoms with Crippen molar-refractivity contribution in [3.8, 4) is 0 Å². The SMILES string of the molecule is CC(C)CN(CCC(=O)O)C(=O)c1ccc2c(c1)CCCN2S(C)(=O)=O. The first-order valence-electron chi connectivity index (χ1n) is 8.71. The van der Waals surface area contributed by atoms with Gasteiger partial charge in [-0.1, -0.05) is 13.8 Å². The molecule has 0 fully saturated rings. The van der Waals surface area contributed by atoms with Gasteiger partial charge in [-0.15, -0.1) is 0 Å². The first-order valence-corrected chi connectivity index (χ1v) is 10.6. The lowest BCUT2D eigenvalue weighted by Crippen LogP contribution is -2.37. The molecule has 0 unspecified atom stereocenters. The molecule has 0 spiro atoms. The largest absolute Gasteiger partial charge is 0.481 e. The number of nitrogens with zero attached hydrogens (tertiary/aromatic N) is 2. The molecule has 26 heavy (non-hydrogen) atoms. The summed E-state index contributed by atoms with van der Waals surface area (Å²) in [6.07, 6.45) is 2.48. The van der Waals surface area contributed by atoms with E-state index in [1.165, 1.54) is 10.6 Å². The minimum Gasteiger partial charge on any atom is -0.481 e. The summed E-state index contributed by atoms with van der Waals surface area (Å²) in [4.78, 5) is 25.3. The van der Waals surface area contributed by atoms with Crippen LogP contribution in [0.25, 0.3) is 0 Å². The molecule has 1 aromatic rings. The molecule has 1 N–H and O–H groups in total. The highest BCUT2D eigenvalue weighted by Gasteiger charge is 2.26. The fourth-order valence-corrected chi connectivity index (χ4v) is 4.17. The van der Waals surface area contributed by atoms with Crippen LogP contribution in [0.1, 0.15) is 42.6 Å². The number of hydrogen-bond acceptors (Lipinski definition) is 4. The lowest BCUT2D eigenvalue weighted by Gasteiger charge is -2.30. The number of carbonyl (C=O) groups is 2.